The predicted molar refractivity (Wildman–Crippen MR) is 108 cm³/mol. The van der Waals surface area contributed by atoms with Crippen molar-refractivity contribution in [3.8, 4) is 11.5 Å². The third-order valence-electron chi connectivity index (χ3n) is 4.13. The summed E-state index contributed by atoms with van der Waals surface area (Å²) in [6.45, 7) is 5.08. The number of aromatic nitrogens is 1. The summed E-state index contributed by atoms with van der Waals surface area (Å²) in [5.41, 5.74) is 3.21. The van der Waals surface area contributed by atoms with Gasteiger partial charge in [-0.1, -0.05) is 17.7 Å². The zero-order chi connectivity index (χ0) is 16.1. The molecule has 1 aromatic heterocycles. The largest absolute Gasteiger partial charge is 0.444 e. The fraction of sp³-hybridized carbons (Fsp3) is 0.444. The average Bonchev–Trinajstić information content (AvgIpc) is 3.24. The van der Waals surface area contributed by atoms with Crippen molar-refractivity contribution in [3.05, 3.63) is 41.8 Å². The van der Waals surface area contributed by atoms with Crippen molar-refractivity contribution in [1.82, 2.24) is 15.2 Å². The standard InChI is InChI=1S/C18H24N4O.HI/c1-14-5-7-15(8-6-14)17-21-16(13-23-17)9-10-20-18(19-2)22-11-3-4-12-22;/h5-8,13H,3-4,9-12H2,1-2H3,(H,19,20);1H. The fourth-order valence-corrected chi connectivity index (χ4v) is 2.81. The van der Waals surface area contributed by atoms with E-state index in [1.807, 2.05) is 19.2 Å². The number of oxazole rings is 1. The van der Waals surface area contributed by atoms with Crippen LogP contribution in [0.4, 0.5) is 0 Å². The molecule has 130 valence electrons. The van der Waals surface area contributed by atoms with Crippen LogP contribution in [-0.4, -0.2) is 42.5 Å². The van der Waals surface area contributed by atoms with Crippen molar-refractivity contribution >= 4 is 29.9 Å². The Labute approximate surface area is 160 Å². The van der Waals surface area contributed by atoms with Crippen molar-refractivity contribution in [2.24, 2.45) is 4.99 Å². The number of hydrogen-bond acceptors (Lipinski definition) is 3. The third kappa shape index (κ3) is 4.72. The number of rotatable bonds is 4. The van der Waals surface area contributed by atoms with Gasteiger partial charge in [0.1, 0.15) is 6.26 Å². The number of benzene rings is 1. The number of nitrogens with zero attached hydrogens (tertiary/aromatic N) is 3. The van der Waals surface area contributed by atoms with Crippen LogP contribution in [0.2, 0.25) is 0 Å². The molecule has 0 unspecified atom stereocenters. The highest BCUT2D eigenvalue weighted by molar-refractivity contribution is 14.0. The molecule has 0 aliphatic carbocycles. The van der Waals surface area contributed by atoms with Gasteiger partial charge >= 0.3 is 0 Å². The van der Waals surface area contributed by atoms with Gasteiger partial charge in [-0.15, -0.1) is 24.0 Å². The highest BCUT2D eigenvalue weighted by Gasteiger charge is 2.15. The summed E-state index contributed by atoms with van der Waals surface area (Å²) < 4.78 is 5.59. The molecular formula is C18H25IN4O. The van der Waals surface area contributed by atoms with Crippen LogP contribution in [0, 0.1) is 6.92 Å². The quantitative estimate of drug-likeness (QED) is 0.450. The Hall–Kier alpha value is -1.57. The molecule has 24 heavy (non-hydrogen) atoms. The molecule has 1 N–H and O–H groups in total. The van der Waals surface area contributed by atoms with Gasteiger partial charge in [-0.2, -0.15) is 0 Å². The molecule has 0 saturated carbocycles. The first kappa shape index (κ1) is 18.8. The van der Waals surface area contributed by atoms with E-state index in [0.717, 1.165) is 43.3 Å². The Kier molecular flexibility index (Phi) is 7.08. The van der Waals surface area contributed by atoms with Gasteiger partial charge in [0, 0.05) is 38.7 Å². The maximum atomic E-state index is 5.59. The minimum absolute atomic E-state index is 0. The molecule has 6 heteroatoms. The van der Waals surface area contributed by atoms with Gasteiger partial charge in [-0.3, -0.25) is 4.99 Å². The van der Waals surface area contributed by atoms with E-state index in [1.165, 1.54) is 18.4 Å². The number of halogens is 1. The number of aryl methyl sites for hydroxylation is 1. The van der Waals surface area contributed by atoms with E-state index in [9.17, 15) is 0 Å². The molecule has 5 nitrogen and oxygen atoms in total. The van der Waals surface area contributed by atoms with Crippen LogP contribution >= 0.6 is 24.0 Å². The second kappa shape index (κ2) is 9.05. The highest BCUT2D eigenvalue weighted by Crippen LogP contribution is 2.19. The molecule has 0 amide bonds. The zero-order valence-corrected chi connectivity index (χ0v) is 16.6. The Morgan fingerprint density at radius 2 is 1.96 bits per heavy atom. The van der Waals surface area contributed by atoms with Crippen molar-refractivity contribution in [2.45, 2.75) is 26.2 Å². The zero-order valence-electron chi connectivity index (χ0n) is 14.3. The van der Waals surface area contributed by atoms with Gasteiger partial charge < -0.3 is 14.6 Å². The van der Waals surface area contributed by atoms with E-state index in [0.29, 0.717) is 5.89 Å². The van der Waals surface area contributed by atoms with Crippen LogP contribution in [0.3, 0.4) is 0 Å². The molecule has 3 rings (SSSR count). The first-order valence-electron chi connectivity index (χ1n) is 8.23. The number of nitrogens with one attached hydrogen (secondary N) is 1. The average molecular weight is 440 g/mol. The van der Waals surface area contributed by atoms with E-state index in [2.05, 4.69) is 39.2 Å². The molecule has 0 spiro atoms. The molecule has 1 aliphatic heterocycles. The first-order chi connectivity index (χ1) is 11.3. The predicted octanol–water partition coefficient (Wildman–Crippen LogP) is 3.48. The maximum absolute atomic E-state index is 5.59. The second-order valence-corrected chi connectivity index (χ2v) is 5.93. The molecule has 1 aromatic carbocycles. The van der Waals surface area contributed by atoms with E-state index in [-0.39, 0.29) is 24.0 Å². The van der Waals surface area contributed by atoms with Crippen LogP contribution in [0.5, 0.6) is 0 Å². The topological polar surface area (TPSA) is 53.7 Å². The third-order valence-corrected chi connectivity index (χ3v) is 4.13. The molecule has 1 fully saturated rings. The Bertz CT molecular complexity index is 660. The first-order valence-corrected chi connectivity index (χ1v) is 8.23. The number of likely N-dealkylation sites (tertiary alicyclic amines) is 1. The van der Waals surface area contributed by atoms with Gasteiger partial charge in [-0.25, -0.2) is 4.98 Å². The molecule has 0 radical (unpaired) electrons. The van der Waals surface area contributed by atoms with E-state index >= 15 is 0 Å². The lowest BCUT2D eigenvalue weighted by atomic mass is 10.1. The lowest BCUT2D eigenvalue weighted by molar-refractivity contribution is 0.494. The summed E-state index contributed by atoms with van der Waals surface area (Å²) >= 11 is 0. The van der Waals surface area contributed by atoms with Crippen molar-refractivity contribution in [1.29, 1.82) is 0 Å². The SMILES string of the molecule is CN=C(NCCc1coc(-c2ccc(C)cc2)n1)N1CCCC1.I. The van der Waals surface area contributed by atoms with Crippen molar-refractivity contribution in [2.75, 3.05) is 26.7 Å². The fourth-order valence-electron chi connectivity index (χ4n) is 2.81. The number of aliphatic imine (C=N–C) groups is 1. The van der Waals surface area contributed by atoms with Gasteiger partial charge in [0.15, 0.2) is 5.96 Å². The monoisotopic (exact) mass is 440 g/mol. The van der Waals surface area contributed by atoms with Crippen LogP contribution in [0.1, 0.15) is 24.1 Å². The minimum atomic E-state index is 0. The van der Waals surface area contributed by atoms with Crippen LogP contribution < -0.4 is 5.32 Å². The van der Waals surface area contributed by atoms with E-state index < -0.39 is 0 Å². The van der Waals surface area contributed by atoms with Crippen LogP contribution in [-0.2, 0) is 6.42 Å². The Balaban J connectivity index is 0.00000208. The number of guanidine groups is 1. The van der Waals surface area contributed by atoms with Crippen LogP contribution in [0.15, 0.2) is 39.9 Å². The second-order valence-electron chi connectivity index (χ2n) is 5.93. The summed E-state index contributed by atoms with van der Waals surface area (Å²) in [4.78, 5) is 11.2. The molecule has 0 atom stereocenters. The summed E-state index contributed by atoms with van der Waals surface area (Å²) in [6, 6.07) is 8.22. The lowest BCUT2D eigenvalue weighted by Gasteiger charge is -2.20. The molecule has 1 saturated heterocycles. The lowest BCUT2D eigenvalue weighted by Crippen LogP contribution is -2.40. The van der Waals surface area contributed by atoms with Crippen LogP contribution in [0.25, 0.3) is 11.5 Å². The summed E-state index contributed by atoms with van der Waals surface area (Å²) in [7, 11) is 1.84. The smallest absolute Gasteiger partial charge is 0.226 e. The van der Waals surface area contributed by atoms with Gasteiger partial charge in [-0.05, 0) is 31.9 Å². The summed E-state index contributed by atoms with van der Waals surface area (Å²) in [6.07, 6.45) is 5.07. The molecule has 0 bridgehead atoms. The Morgan fingerprint density at radius 3 is 2.62 bits per heavy atom. The van der Waals surface area contributed by atoms with Crippen molar-refractivity contribution in [3.63, 3.8) is 0 Å². The highest BCUT2D eigenvalue weighted by atomic mass is 127. The van der Waals surface area contributed by atoms with Gasteiger partial charge in [0.25, 0.3) is 0 Å². The van der Waals surface area contributed by atoms with E-state index in [1.54, 1.807) is 6.26 Å². The summed E-state index contributed by atoms with van der Waals surface area (Å²) in [5.74, 6) is 1.67. The van der Waals surface area contributed by atoms with E-state index in [4.69, 9.17) is 4.42 Å². The van der Waals surface area contributed by atoms with Crippen molar-refractivity contribution < 1.29 is 4.42 Å². The molecule has 2 aromatic rings. The maximum Gasteiger partial charge on any atom is 0.226 e. The minimum Gasteiger partial charge on any atom is -0.444 e. The molecule has 2 heterocycles. The summed E-state index contributed by atoms with van der Waals surface area (Å²) in [5, 5.41) is 3.41. The molecular weight excluding hydrogens is 415 g/mol. The normalized spacial score (nSPS) is 14.6. The number of hydrogen-bond donors (Lipinski definition) is 1. The Morgan fingerprint density at radius 1 is 1.25 bits per heavy atom. The van der Waals surface area contributed by atoms with Gasteiger partial charge in [0.2, 0.25) is 5.89 Å². The molecule has 1 aliphatic rings. The van der Waals surface area contributed by atoms with Gasteiger partial charge in [0.05, 0.1) is 5.69 Å².